The molecule has 5 heteroatoms. The molecule has 0 N–H and O–H groups in total. The molecule has 0 saturated carbocycles. The molecular weight excluding hydrogens is 254 g/mol. The topological polar surface area (TPSA) is 49.2 Å². The molecule has 4 rings (SSSR count). The minimum atomic E-state index is 0.409. The van der Waals surface area contributed by atoms with E-state index in [4.69, 9.17) is 14.5 Å². The molecule has 20 heavy (non-hydrogen) atoms. The van der Waals surface area contributed by atoms with E-state index in [0.29, 0.717) is 11.8 Å². The van der Waals surface area contributed by atoms with Crippen molar-refractivity contribution in [2.75, 3.05) is 26.4 Å². The summed E-state index contributed by atoms with van der Waals surface area (Å²) in [6.45, 7) is 4.32. The van der Waals surface area contributed by atoms with Crippen LogP contribution in [-0.4, -0.2) is 41.0 Å². The minimum Gasteiger partial charge on any atom is -0.381 e. The fraction of sp³-hybridized carbons (Fsp3) is 0.600. The van der Waals surface area contributed by atoms with Gasteiger partial charge < -0.3 is 14.0 Å². The van der Waals surface area contributed by atoms with Gasteiger partial charge >= 0.3 is 0 Å². The van der Waals surface area contributed by atoms with Gasteiger partial charge in [0, 0.05) is 37.8 Å². The molecule has 0 aromatic carbocycles. The average molecular weight is 273 g/mol. The third kappa shape index (κ3) is 2.11. The number of fused-ring (bicyclic) bond motifs is 1. The van der Waals surface area contributed by atoms with Gasteiger partial charge in [0.2, 0.25) is 0 Å². The second-order valence-electron chi connectivity index (χ2n) is 5.72. The van der Waals surface area contributed by atoms with Crippen LogP contribution in [0.1, 0.15) is 24.6 Å². The number of imidazole rings is 1. The first-order chi connectivity index (χ1) is 9.92. The molecule has 2 saturated heterocycles. The fourth-order valence-corrected chi connectivity index (χ4v) is 3.19. The van der Waals surface area contributed by atoms with Gasteiger partial charge in [0.05, 0.1) is 13.2 Å². The smallest absolute Gasteiger partial charge is 0.160 e. The van der Waals surface area contributed by atoms with Crippen molar-refractivity contribution in [3.63, 3.8) is 0 Å². The van der Waals surface area contributed by atoms with Gasteiger partial charge in [-0.05, 0) is 25.0 Å². The number of rotatable bonds is 3. The second kappa shape index (κ2) is 5.14. The third-order valence-corrected chi connectivity index (χ3v) is 4.29. The van der Waals surface area contributed by atoms with E-state index < -0.39 is 0 Å². The highest BCUT2D eigenvalue weighted by molar-refractivity contribution is 5.71. The number of hydrogen-bond acceptors (Lipinski definition) is 4. The van der Waals surface area contributed by atoms with Crippen LogP contribution in [0.15, 0.2) is 18.3 Å². The van der Waals surface area contributed by atoms with Crippen LogP contribution >= 0.6 is 0 Å². The van der Waals surface area contributed by atoms with Crippen LogP contribution in [0.2, 0.25) is 0 Å². The molecule has 2 aromatic heterocycles. The van der Waals surface area contributed by atoms with Crippen molar-refractivity contribution >= 4 is 11.2 Å². The number of hydrogen-bond donors (Lipinski definition) is 0. The Balaban J connectivity index is 1.75. The maximum atomic E-state index is 5.53. The molecule has 0 radical (unpaired) electrons. The summed E-state index contributed by atoms with van der Waals surface area (Å²) >= 11 is 0. The van der Waals surface area contributed by atoms with Gasteiger partial charge in [0.1, 0.15) is 11.3 Å². The zero-order chi connectivity index (χ0) is 13.4. The van der Waals surface area contributed by atoms with Crippen LogP contribution < -0.4 is 0 Å². The SMILES string of the molecule is c1cnc2c(c1)nc(C1CCOC1)n2CC1CCOC1. The highest BCUT2D eigenvalue weighted by Crippen LogP contribution is 2.29. The van der Waals surface area contributed by atoms with Crippen LogP contribution in [0.3, 0.4) is 0 Å². The van der Waals surface area contributed by atoms with Gasteiger partial charge in [0.25, 0.3) is 0 Å². The van der Waals surface area contributed by atoms with E-state index in [9.17, 15) is 0 Å². The number of pyridine rings is 1. The van der Waals surface area contributed by atoms with Crippen LogP contribution in [-0.2, 0) is 16.0 Å². The van der Waals surface area contributed by atoms with E-state index in [1.165, 1.54) is 0 Å². The summed E-state index contributed by atoms with van der Waals surface area (Å²) in [7, 11) is 0. The van der Waals surface area contributed by atoms with Crippen molar-refractivity contribution in [1.29, 1.82) is 0 Å². The molecule has 0 spiro atoms. The zero-order valence-corrected chi connectivity index (χ0v) is 11.5. The molecule has 2 aliphatic heterocycles. The van der Waals surface area contributed by atoms with Crippen molar-refractivity contribution < 1.29 is 9.47 Å². The first kappa shape index (κ1) is 12.3. The molecule has 106 valence electrons. The Bertz CT molecular complexity index is 598. The van der Waals surface area contributed by atoms with Crippen LogP contribution in [0, 0.1) is 5.92 Å². The van der Waals surface area contributed by atoms with Gasteiger partial charge in [-0.15, -0.1) is 0 Å². The first-order valence-electron chi connectivity index (χ1n) is 7.38. The van der Waals surface area contributed by atoms with Crippen molar-refractivity contribution in [2.45, 2.75) is 25.3 Å². The molecule has 5 nitrogen and oxygen atoms in total. The predicted molar refractivity (Wildman–Crippen MR) is 74.6 cm³/mol. The lowest BCUT2D eigenvalue weighted by Crippen LogP contribution is -2.16. The summed E-state index contributed by atoms with van der Waals surface area (Å²) < 4.78 is 13.3. The van der Waals surface area contributed by atoms with E-state index in [2.05, 4.69) is 9.55 Å². The lowest BCUT2D eigenvalue weighted by molar-refractivity contribution is 0.181. The summed E-state index contributed by atoms with van der Waals surface area (Å²) in [5.41, 5.74) is 2.00. The van der Waals surface area contributed by atoms with E-state index >= 15 is 0 Å². The Morgan fingerprint density at radius 3 is 2.90 bits per heavy atom. The molecule has 0 bridgehead atoms. The molecule has 2 fully saturated rings. The largest absolute Gasteiger partial charge is 0.381 e. The summed E-state index contributed by atoms with van der Waals surface area (Å²) in [4.78, 5) is 9.35. The fourth-order valence-electron chi connectivity index (χ4n) is 3.19. The molecule has 2 atom stereocenters. The summed E-state index contributed by atoms with van der Waals surface area (Å²) in [6.07, 6.45) is 4.04. The molecule has 0 amide bonds. The Hall–Kier alpha value is -1.46. The number of aromatic nitrogens is 3. The molecule has 2 unspecified atom stereocenters. The molecule has 0 aliphatic carbocycles. The van der Waals surface area contributed by atoms with Crippen molar-refractivity contribution in [3.8, 4) is 0 Å². The summed E-state index contributed by atoms with van der Waals surface area (Å²) in [5, 5.41) is 0. The van der Waals surface area contributed by atoms with Crippen LogP contribution in [0.4, 0.5) is 0 Å². The van der Waals surface area contributed by atoms with E-state index in [1.807, 2.05) is 18.3 Å². The van der Waals surface area contributed by atoms with Gasteiger partial charge in [-0.25, -0.2) is 9.97 Å². The maximum Gasteiger partial charge on any atom is 0.160 e. The first-order valence-corrected chi connectivity index (χ1v) is 7.38. The predicted octanol–water partition coefficient (Wildman–Crippen LogP) is 1.97. The zero-order valence-electron chi connectivity index (χ0n) is 11.5. The van der Waals surface area contributed by atoms with Gasteiger partial charge in [-0.1, -0.05) is 0 Å². The normalized spacial score (nSPS) is 26.6. The quantitative estimate of drug-likeness (QED) is 0.858. The maximum absolute atomic E-state index is 5.53. The van der Waals surface area contributed by atoms with Gasteiger partial charge in [-0.3, -0.25) is 0 Å². The Labute approximate surface area is 117 Å². The van der Waals surface area contributed by atoms with Crippen LogP contribution in [0.25, 0.3) is 11.2 Å². The van der Waals surface area contributed by atoms with Crippen LogP contribution in [0.5, 0.6) is 0 Å². The second-order valence-corrected chi connectivity index (χ2v) is 5.72. The Kier molecular flexibility index (Phi) is 3.16. The number of nitrogens with zero attached hydrogens (tertiary/aromatic N) is 3. The summed E-state index contributed by atoms with van der Waals surface area (Å²) in [5.74, 6) is 2.13. The van der Waals surface area contributed by atoms with Crippen molar-refractivity contribution in [2.24, 2.45) is 5.92 Å². The highest BCUT2D eigenvalue weighted by atomic mass is 16.5. The standard InChI is InChI=1S/C15H19N3O2/c1-2-13-15(16-5-1)18(8-11-3-6-19-9-11)14(17-13)12-4-7-20-10-12/h1-2,5,11-12H,3-4,6-10H2. The van der Waals surface area contributed by atoms with Gasteiger partial charge in [0.15, 0.2) is 5.65 Å². The molecule has 2 aliphatic rings. The van der Waals surface area contributed by atoms with E-state index in [1.54, 1.807) is 0 Å². The third-order valence-electron chi connectivity index (χ3n) is 4.29. The average Bonchev–Trinajstić information content (AvgIpc) is 3.19. The monoisotopic (exact) mass is 273 g/mol. The highest BCUT2D eigenvalue weighted by Gasteiger charge is 2.27. The Morgan fingerprint density at radius 2 is 2.10 bits per heavy atom. The summed E-state index contributed by atoms with van der Waals surface area (Å²) in [6, 6.07) is 4.00. The molecule has 2 aromatic rings. The lowest BCUT2D eigenvalue weighted by atomic mass is 10.1. The van der Waals surface area contributed by atoms with E-state index in [0.717, 1.165) is 62.8 Å². The van der Waals surface area contributed by atoms with Crippen molar-refractivity contribution in [1.82, 2.24) is 14.5 Å². The number of ether oxygens (including phenoxy) is 2. The van der Waals surface area contributed by atoms with Gasteiger partial charge in [-0.2, -0.15) is 0 Å². The molecule has 4 heterocycles. The van der Waals surface area contributed by atoms with Crippen molar-refractivity contribution in [3.05, 3.63) is 24.2 Å². The minimum absolute atomic E-state index is 0.409. The Morgan fingerprint density at radius 1 is 1.20 bits per heavy atom. The lowest BCUT2D eigenvalue weighted by Gasteiger charge is -2.15. The van der Waals surface area contributed by atoms with E-state index in [-0.39, 0.29) is 0 Å². The molecular formula is C15H19N3O2.